The molecule has 1 saturated carbocycles. The third-order valence-electron chi connectivity index (χ3n) is 4.82. The first kappa shape index (κ1) is 14.3. The molecule has 1 unspecified atom stereocenters. The highest BCUT2D eigenvalue weighted by molar-refractivity contribution is 5.00. The summed E-state index contributed by atoms with van der Waals surface area (Å²) in [6.45, 7) is 7.55. The van der Waals surface area contributed by atoms with Crippen molar-refractivity contribution in [3.63, 3.8) is 0 Å². The SMILES string of the molecule is CC(C)C1CNC2(CCCCC2)CN1CCCF. The van der Waals surface area contributed by atoms with Crippen molar-refractivity contribution in [2.24, 2.45) is 5.92 Å². The molecule has 1 saturated heterocycles. The molecule has 3 heteroatoms. The van der Waals surface area contributed by atoms with Gasteiger partial charge in [0.15, 0.2) is 0 Å². The van der Waals surface area contributed by atoms with Crippen molar-refractivity contribution in [3.05, 3.63) is 0 Å². The van der Waals surface area contributed by atoms with Gasteiger partial charge < -0.3 is 5.32 Å². The van der Waals surface area contributed by atoms with Gasteiger partial charge in [0.25, 0.3) is 0 Å². The molecule has 18 heavy (non-hydrogen) atoms. The van der Waals surface area contributed by atoms with Crippen LogP contribution in [-0.2, 0) is 0 Å². The van der Waals surface area contributed by atoms with Crippen molar-refractivity contribution in [3.8, 4) is 0 Å². The maximum Gasteiger partial charge on any atom is 0.0906 e. The summed E-state index contributed by atoms with van der Waals surface area (Å²) in [5.41, 5.74) is 0.347. The van der Waals surface area contributed by atoms with E-state index in [2.05, 4.69) is 24.1 Å². The summed E-state index contributed by atoms with van der Waals surface area (Å²) in [4.78, 5) is 2.56. The van der Waals surface area contributed by atoms with Crippen LogP contribution in [0, 0.1) is 5.92 Å². The Hall–Kier alpha value is -0.150. The van der Waals surface area contributed by atoms with E-state index < -0.39 is 0 Å². The van der Waals surface area contributed by atoms with E-state index in [1.54, 1.807) is 0 Å². The van der Waals surface area contributed by atoms with Gasteiger partial charge >= 0.3 is 0 Å². The van der Waals surface area contributed by atoms with E-state index in [0.717, 1.165) is 19.6 Å². The van der Waals surface area contributed by atoms with Gasteiger partial charge in [0.2, 0.25) is 0 Å². The highest BCUT2D eigenvalue weighted by Crippen LogP contribution is 2.33. The molecule has 1 aliphatic heterocycles. The minimum atomic E-state index is -0.179. The summed E-state index contributed by atoms with van der Waals surface area (Å²) in [6, 6.07) is 0.587. The smallest absolute Gasteiger partial charge is 0.0906 e. The minimum absolute atomic E-state index is 0.179. The minimum Gasteiger partial charge on any atom is -0.308 e. The zero-order valence-corrected chi connectivity index (χ0v) is 12.1. The maximum atomic E-state index is 12.5. The van der Waals surface area contributed by atoms with Gasteiger partial charge in [-0.05, 0) is 25.2 Å². The molecule has 1 heterocycles. The lowest BCUT2D eigenvalue weighted by Gasteiger charge is -2.51. The summed E-state index contributed by atoms with van der Waals surface area (Å²) >= 11 is 0. The van der Waals surface area contributed by atoms with Crippen molar-refractivity contribution in [1.29, 1.82) is 0 Å². The summed E-state index contributed by atoms with van der Waals surface area (Å²) < 4.78 is 12.5. The van der Waals surface area contributed by atoms with Crippen LogP contribution in [-0.4, -0.2) is 42.8 Å². The van der Waals surface area contributed by atoms with Crippen molar-refractivity contribution < 1.29 is 4.39 Å². The largest absolute Gasteiger partial charge is 0.308 e. The molecular weight excluding hydrogens is 227 g/mol. The van der Waals surface area contributed by atoms with E-state index in [9.17, 15) is 4.39 Å². The lowest BCUT2D eigenvalue weighted by atomic mass is 9.78. The molecule has 2 aliphatic rings. The lowest BCUT2D eigenvalue weighted by molar-refractivity contribution is 0.0347. The first-order chi connectivity index (χ1) is 8.67. The third kappa shape index (κ3) is 3.24. The Morgan fingerprint density at radius 3 is 2.61 bits per heavy atom. The number of piperazine rings is 1. The van der Waals surface area contributed by atoms with Gasteiger partial charge in [-0.25, -0.2) is 0 Å². The molecule has 2 rings (SSSR count). The maximum absolute atomic E-state index is 12.5. The van der Waals surface area contributed by atoms with Gasteiger partial charge in [0.05, 0.1) is 6.67 Å². The number of alkyl halides is 1. The second-order valence-corrected chi connectivity index (χ2v) is 6.55. The molecule has 1 spiro atoms. The number of hydrogen-bond donors (Lipinski definition) is 1. The van der Waals surface area contributed by atoms with Gasteiger partial charge in [-0.3, -0.25) is 9.29 Å². The Balaban J connectivity index is 1.99. The highest BCUT2D eigenvalue weighted by atomic mass is 19.1. The van der Waals surface area contributed by atoms with Gasteiger partial charge in [0.1, 0.15) is 0 Å². The van der Waals surface area contributed by atoms with Crippen LogP contribution in [0.3, 0.4) is 0 Å². The summed E-state index contributed by atoms with van der Waals surface area (Å²) in [5.74, 6) is 0.651. The van der Waals surface area contributed by atoms with Crippen molar-refractivity contribution in [2.75, 3.05) is 26.3 Å². The Morgan fingerprint density at radius 1 is 1.28 bits per heavy atom. The van der Waals surface area contributed by atoms with Crippen LogP contribution in [0.5, 0.6) is 0 Å². The van der Waals surface area contributed by atoms with Crippen LogP contribution < -0.4 is 5.32 Å². The van der Waals surface area contributed by atoms with Gasteiger partial charge in [-0.1, -0.05) is 33.1 Å². The number of hydrogen-bond acceptors (Lipinski definition) is 2. The van der Waals surface area contributed by atoms with E-state index in [1.807, 2.05) is 0 Å². The average Bonchev–Trinajstić information content (AvgIpc) is 2.37. The first-order valence-corrected chi connectivity index (χ1v) is 7.72. The molecule has 1 atom stereocenters. The summed E-state index contributed by atoms with van der Waals surface area (Å²) in [7, 11) is 0. The molecule has 0 aromatic carbocycles. The van der Waals surface area contributed by atoms with E-state index in [4.69, 9.17) is 0 Å². The molecule has 106 valence electrons. The number of halogens is 1. The molecule has 0 bridgehead atoms. The fourth-order valence-electron chi connectivity index (χ4n) is 3.74. The highest BCUT2D eigenvalue weighted by Gasteiger charge is 2.40. The second kappa shape index (κ2) is 6.33. The van der Waals surface area contributed by atoms with Crippen LogP contribution in [0.15, 0.2) is 0 Å². The fraction of sp³-hybridized carbons (Fsp3) is 1.00. The average molecular weight is 256 g/mol. The molecule has 0 aromatic rings. The lowest BCUT2D eigenvalue weighted by Crippen LogP contribution is -2.65. The van der Waals surface area contributed by atoms with E-state index in [0.29, 0.717) is 23.9 Å². The van der Waals surface area contributed by atoms with E-state index >= 15 is 0 Å². The summed E-state index contributed by atoms with van der Waals surface area (Å²) in [5, 5.41) is 3.84. The molecule has 1 N–H and O–H groups in total. The monoisotopic (exact) mass is 256 g/mol. The molecule has 0 amide bonds. The van der Waals surface area contributed by atoms with Crippen LogP contribution in [0.25, 0.3) is 0 Å². The Kier molecular flexibility index (Phi) is 5.02. The van der Waals surface area contributed by atoms with Crippen molar-refractivity contribution in [2.45, 2.75) is 64.0 Å². The quantitative estimate of drug-likeness (QED) is 0.832. The van der Waals surface area contributed by atoms with E-state index in [1.165, 1.54) is 32.1 Å². The molecular formula is C15H29FN2. The topological polar surface area (TPSA) is 15.3 Å². The zero-order valence-electron chi connectivity index (χ0n) is 12.1. The Labute approximate surface area is 111 Å². The van der Waals surface area contributed by atoms with Crippen molar-refractivity contribution >= 4 is 0 Å². The van der Waals surface area contributed by atoms with Crippen molar-refractivity contribution in [1.82, 2.24) is 10.2 Å². The second-order valence-electron chi connectivity index (χ2n) is 6.55. The standard InChI is InChI=1S/C15H29FN2/c1-13(2)14-11-17-15(7-4-3-5-8-15)12-18(14)10-6-9-16/h13-14,17H,3-12H2,1-2H3. The molecule has 0 aromatic heterocycles. The van der Waals surface area contributed by atoms with Gasteiger partial charge in [-0.2, -0.15) is 0 Å². The predicted octanol–water partition coefficient (Wildman–Crippen LogP) is 2.98. The van der Waals surface area contributed by atoms with Crippen LogP contribution in [0.2, 0.25) is 0 Å². The molecule has 1 aliphatic carbocycles. The summed E-state index contributed by atoms with van der Waals surface area (Å²) in [6.07, 6.45) is 7.42. The van der Waals surface area contributed by atoms with Crippen LogP contribution in [0.4, 0.5) is 4.39 Å². The van der Waals surface area contributed by atoms with Gasteiger partial charge in [0, 0.05) is 31.2 Å². The fourth-order valence-corrected chi connectivity index (χ4v) is 3.74. The van der Waals surface area contributed by atoms with Gasteiger partial charge in [-0.15, -0.1) is 0 Å². The number of nitrogens with one attached hydrogen (secondary N) is 1. The molecule has 0 radical (unpaired) electrons. The van der Waals surface area contributed by atoms with Crippen LogP contribution in [0.1, 0.15) is 52.4 Å². The zero-order chi connectivity index (χ0) is 13.0. The first-order valence-electron chi connectivity index (χ1n) is 7.72. The van der Waals surface area contributed by atoms with Crippen LogP contribution >= 0.6 is 0 Å². The normalized spacial score (nSPS) is 29.0. The number of rotatable bonds is 4. The van der Waals surface area contributed by atoms with E-state index in [-0.39, 0.29) is 6.67 Å². The Morgan fingerprint density at radius 2 is 2.00 bits per heavy atom. The molecule has 2 nitrogen and oxygen atoms in total. The number of nitrogens with zero attached hydrogens (tertiary/aromatic N) is 1. The molecule has 2 fully saturated rings. The third-order valence-corrected chi connectivity index (χ3v) is 4.82. The Bertz CT molecular complexity index is 249. The predicted molar refractivity (Wildman–Crippen MR) is 74.6 cm³/mol.